The highest BCUT2D eigenvalue weighted by Gasteiger charge is 2.06. The number of anilines is 1. The van der Waals surface area contributed by atoms with Crippen LogP contribution < -0.4 is 5.32 Å². The molecule has 2 aromatic rings. The number of carboxylic acid groups (broad SMARTS) is 1. The SMILES string of the molecule is O=C(O)Nc1cccc(SCCc2cccc([N+](=O)[O-])c2)c1. The number of aryl methyl sites for hydroxylation is 1. The number of thioether (sulfide) groups is 1. The van der Waals surface area contributed by atoms with Crippen molar-refractivity contribution < 1.29 is 14.8 Å². The highest BCUT2D eigenvalue weighted by atomic mass is 32.2. The van der Waals surface area contributed by atoms with Crippen molar-refractivity contribution in [2.24, 2.45) is 0 Å². The second-order valence-corrected chi connectivity index (χ2v) is 5.65. The average molecular weight is 318 g/mol. The zero-order valence-electron chi connectivity index (χ0n) is 11.6. The Balaban J connectivity index is 1.92. The van der Waals surface area contributed by atoms with Crippen molar-refractivity contribution in [3.05, 3.63) is 64.2 Å². The van der Waals surface area contributed by atoms with E-state index in [1.807, 2.05) is 12.1 Å². The molecule has 0 fully saturated rings. The van der Waals surface area contributed by atoms with Crippen molar-refractivity contribution in [2.75, 3.05) is 11.1 Å². The van der Waals surface area contributed by atoms with Gasteiger partial charge in [-0.15, -0.1) is 11.8 Å². The van der Waals surface area contributed by atoms with Crippen LogP contribution in [0.3, 0.4) is 0 Å². The largest absolute Gasteiger partial charge is 0.465 e. The van der Waals surface area contributed by atoms with Crippen LogP contribution in [0.25, 0.3) is 0 Å². The molecule has 1 amide bonds. The zero-order chi connectivity index (χ0) is 15.9. The smallest absolute Gasteiger partial charge is 0.409 e. The van der Waals surface area contributed by atoms with Crippen molar-refractivity contribution in [2.45, 2.75) is 11.3 Å². The number of nitro groups is 1. The van der Waals surface area contributed by atoms with Crippen molar-refractivity contribution in [3.8, 4) is 0 Å². The molecule has 0 unspecified atom stereocenters. The number of hydrogen-bond donors (Lipinski definition) is 2. The number of carbonyl (C=O) groups is 1. The highest BCUT2D eigenvalue weighted by Crippen LogP contribution is 2.23. The van der Waals surface area contributed by atoms with E-state index in [1.54, 1.807) is 42.1 Å². The number of non-ortho nitro benzene ring substituents is 1. The van der Waals surface area contributed by atoms with Crippen LogP contribution in [0, 0.1) is 10.1 Å². The molecule has 114 valence electrons. The fourth-order valence-corrected chi connectivity index (χ4v) is 2.86. The Morgan fingerprint density at radius 2 is 2.00 bits per heavy atom. The molecule has 0 spiro atoms. The van der Waals surface area contributed by atoms with Crippen LogP contribution in [0.15, 0.2) is 53.4 Å². The van der Waals surface area contributed by atoms with Gasteiger partial charge in [0.2, 0.25) is 0 Å². The number of benzene rings is 2. The molecular weight excluding hydrogens is 304 g/mol. The van der Waals surface area contributed by atoms with Gasteiger partial charge in [0.15, 0.2) is 0 Å². The minimum Gasteiger partial charge on any atom is -0.465 e. The minimum absolute atomic E-state index is 0.0927. The van der Waals surface area contributed by atoms with E-state index in [4.69, 9.17) is 5.11 Å². The molecule has 2 aromatic carbocycles. The summed E-state index contributed by atoms with van der Waals surface area (Å²) in [5.74, 6) is 0.748. The summed E-state index contributed by atoms with van der Waals surface area (Å²) in [5.41, 5.74) is 1.52. The predicted octanol–water partition coefficient (Wildman–Crippen LogP) is 4.02. The number of nitro benzene ring substituents is 1. The fraction of sp³-hybridized carbons (Fsp3) is 0.133. The van der Waals surface area contributed by atoms with E-state index in [2.05, 4.69) is 5.32 Å². The molecule has 2 N–H and O–H groups in total. The van der Waals surface area contributed by atoms with E-state index in [9.17, 15) is 14.9 Å². The molecule has 0 saturated heterocycles. The van der Waals surface area contributed by atoms with Gasteiger partial charge >= 0.3 is 6.09 Å². The van der Waals surface area contributed by atoms with Crippen LogP contribution in [0.2, 0.25) is 0 Å². The lowest BCUT2D eigenvalue weighted by Crippen LogP contribution is -2.06. The summed E-state index contributed by atoms with van der Waals surface area (Å²) >= 11 is 1.57. The molecule has 22 heavy (non-hydrogen) atoms. The standard InChI is InChI=1S/C15H14N2O4S/c18-15(19)16-12-4-2-6-14(10-12)22-8-7-11-3-1-5-13(9-11)17(20)21/h1-6,9-10,16H,7-8H2,(H,18,19). The molecule has 0 atom stereocenters. The topological polar surface area (TPSA) is 92.5 Å². The van der Waals surface area contributed by atoms with Crippen LogP contribution in [0.5, 0.6) is 0 Å². The maximum atomic E-state index is 10.7. The fourth-order valence-electron chi connectivity index (χ4n) is 1.90. The number of rotatable bonds is 6. The first kappa shape index (κ1) is 15.8. The number of nitrogens with one attached hydrogen (secondary N) is 1. The molecule has 7 heteroatoms. The van der Waals surface area contributed by atoms with E-state index < -0.39 is 11.0 Å². The van der Waals surface area contributed by atoms with Gasteiger partial charge in [-0.3, -0.25) is 15.4 Å². The van der Waals surface area contributed by atoms with Gasteiger partial charge in [0.1, 0.15) is 0 Å². The molecule has 0 heterocycles. The molecular formula is C15H14N2O4S. The van der Waals surface area contributed by atoms with Gasteiger partial charge in [0.05, 0.1) is 4.92 Å². The number of amides is 1. The summed E-state index contributed by atoms with van der Waals surface area (Å²) in [7, 11) is 0. The van der Waals surface area contributed by atoms with Crippen molar-refractivity contribution in [3.63, 3.8) is 0 Å². The van der Waals surface area contributed by atoms with Gasteiger partial charge in [-0.1, -0.05) is 18.2 Å². The first-order chi connectivity index (χ1) is 10.5. The van der Waals surface area contributed by atoms with Crippen LogP contribution in [0.4, 0.5) is 16.2 Å². The van der Waals surface area contributed by atoms with Gasteiger partial charge in [0.25, 0.3) is 5.69 Å². The van der Waals surface area contributed by atoms with Crippen LogP contribution >= 0.6 is 11.8 Å². The summed E-state index contributed by atoms with van der Waals surface area (Å²) in [6.07, 6.45) is -0.401. The first-order valence-electron chi connectivity index (χ1n) is 6.51. The third-order valence-electron chi connectivity index (χ3n) is 2.87. The molecule has 0 bridgehead atoms. The Bertz CT molecular complexity index is 691. The van der Waals surface area contributed by atoms with Crippen molar-refractivity contribution >= 4 is 29.2 Å². The molecule has 6 nitrogen and oxygen atoms in total. The van der Waals surface area contributed by atoms with Gasteiger partial charge in [-0.2, -0.15) is 0 Å². The molecule has 0 aliphatic rings. The van der Waals surface area contributed by atoms with Gasteiger partial charge in [-0.05, 0) is 30.2 Å². The van der Waals surface area contributed by atoms with Gasteiger partial charge in [0, 0.05) is 28.5 Å². The Hall–Kier alpha value is -2.54. The van der Waals surface area contributed by atoms with Crippen LogP contribution in [-0.2, 0) is 6.42 Å². The lowest BCUT2D eigenvalue weighted by atomic mass is 10.1. The Morgan fingerprint density at radius 3 is 2.73 bits per heavy atom. The molecule has 0 aromatic heterocycles. The maximum Gasteiger partial charge on any atom is 0.409 e. The van der Waals surface area contributed by atoms with Gasteiger partial charge < -0.3 is 5.11 Å². The Labute approximate surface area is 131 Å². The summed E-state index contributed by atoms with van der Waals surface area (Å²) in [4.78, 5) is 21.8. The van der Waals surface area contributed by atoms with E-state index in [0.717, 1.165) is 16.2 Å². The number of hydrogen-bond acceptors (Lipinski definition) is 4. The summed E-state index contributed by atoms with van der Waals surface area (Å²) in [5, 5.41) is 21.7. The van der Waals surface area contributed by atoms with E-state index in [0.29, 0.717) is 12.1 Å². The van der Waals surface area contributed by atoms with E-state index in [-0.39, 0.29) is 5.69 Å². The third kappa shape index (κ3) is 4.78. The molecule has 0 radical (unpaired) electrons. The first-order valence-corrected chi connectivity index (χ1v) is 7.49. The Kier molecular flexibility index (Phi) is 5.37. The normalized spacial score (nSPS) is 10.2. The maximum absolute atomic E-state index is 10.7. The Morgan fingerprint density at radius 1 is 1.23 bits per heavy atom. The summed E-state index contributed by atoms with van der Waals surface area (Å²) < 4.78 is 0. The minimum atomic E-state index is -1.10. The molecule has 0 aliphatic carbocycles. The van der Waals surface area contributed by atoms with Crippen LogP contribution in [-0.4, -0.2) is 21.9 Å². The summed E-state index contributed by atoms with van der Waals surface area (Å²) in [6.45, 7) is 0. The lowest BCUT2D eigenvalue weighted by molar-refractivity contribution is -0.384. The van der Waals surface area contributed by atoms with E-state index in [1.165, 1.54) is 6.07 Å². The molecule has 0 aliphatic heterocycles. The lowest BCUT2D eigenvalue weighted by Gasteiger charge is -2.05. The molecule has 0 saturated carbocycles. The predicted molar refractivity (Wildman–Crippen MR) is 85.6 cm³/mol. The van der Waals surface area contributed by atoms with Crippen molar-refractivity contribution in [1.29, 1.82) is 0 Å². The molecule has 2 rings (SSSR count). The van der Waals surface area contributed by atoms with Gasteiger partial charge in [-0.25, -0.2) is 4.79 Å². The quantitative estimate of drug-likeness (QED) is 0.477. The van der Waals surface area contributed by atoms with Crippen molar-refractivity contribution in [1.82, 2.24) is 0 Å². The second-order valence-electron chi connectivity index (χ2n) is 4.48. The monoisotopic (exact) mass is 318 g/mol. The average Bonchev–Trinajstić information content (AvgIpc) is 2.47. The summed E-state index contributed by atoms with van der Waals surface area (Å²) in [6, 6.07) is 13.7. The van der Waals surface area contributed by atoms with Crippen LogP contribution in [0.1, 0.15) is 5.56 Å². The highest BCUT2D eigenvalue weighted by molar-refractivity contribution is 7.99. The number of nitrogens with zero attached hydrogens (tertiary/aromatic N) is 1. The zero-order valence-corrected chi connectivity index (χ0v) is 12.4. The second kappa shape index (κ2) is 7.46. The third-order valence-corrected chi connectivity index (χ3v) is 3.86. The van der Waals surface area contributed by atoms with E-state index >= 15 is 0 Å².